The lowest BCUT2D eigenvalue weighted by molar-refractivity contribution is -0.143. The van der Waals surface area contributed by atoms with Crippen LogP contribution in [0.1, 0.15) is 17.5 Å². The molecule has 1 saturated heterocycles. The zero-order valence-corrected chi connectivity index (χ0v) is 16.2. The normalized spacial score (nSPS) is 19.0. The smallest absolute Gasteiger partial charge is 0.352 e. The van der Waals surface area contributed by atoms with Crippen molar-refractivity contribution in [3.63, 3.8) is 0 Å². The molecular weight excluding hydrogens is 432 g/mol. The number of aryl methyl sites for hydroxylation is 1. The van der Waals surface area contributed by atoms with E-state index in [1.807, 2.05) is 25.1 Å². The number of hydrogen-bond acceptors (Lipinski definition) is 2. The lowest BCUT2D eigenvalue weighted by Crippen LogP contribution is -2.44. The summed E-state index contributed by atoms with van der Waals surface area (Å²) in [5, 5.41) is 6.40. The van der Waals surface area contributed by atoms with Crippen molar-refractivity contribution in [3.05, 3.63) is 35.4 Å². The van der Waals surface area contributed by atoms with Gasteiger partial charge in [-0.15, -0.1) is 24.0 Å². The molecule has 4 nitrogen and oxygen atoms in total. The Morgan fingerprint density at radius 2 is 2.12 bits per heavy atom. The van der Waals surface area contributed by atoms with Crippen LogP contribution in [0.3, 0.4) is 0 Å². The van der Waals surface area contributed by atoms with Gasteiger partial charge in [0.1, 0.15) is 0 Å². The fourth-order valence-corrected chi connectivity index (χ4v) is 2.74. The zero-order chi connectivity index (χ0) is 16.9. The minimum atomic E-state index is -4.14. The van der Waals surface area contributed by atoms with Crippen LogP contribution >= 0.6 is 24.0 Å². The van der Waals surface area contributed by atoms with Crippen LogP contribution in [0.2, 0.25) is 0 Å². The first-order valence-corrected chi connectivity index (χ1v) is 7.67. The van der Waals surface area contributed by atoms with Crippen LogP contribution in [0.4, 0.5) is 13.2 Å². The van der Waals surface area contributed by atoms with Crippen LogP contribution in [0.25, 0.3) is 0 Å². The standard InChI is InChI=1S/C16H23F3N4.HI/c1-12-4-3-5-13(8-12)9-21-15(20-2)22-14-6-7-23(10-14)11-16(17,18)19;/h3-5,8,14H,6-7,9-11H2,1-2H3,(H2,20,21,22);1H. The van der Waals surface area contributed by atoms with Gasteiger partial charge in [0.15, 0.2) is 5.96 Å². The summed E-state index contributed by atoms with van der Waals surface area (Å²) >= 11 is 0. The van der Waals surface area contributed by atoms with Gasteiger partial charge >= 0.3 is 6.18 Å². The fourth-order valence-electron chi connectivity index (χ4n) is 2.74. The number of guanidine groups is 1. The summed E-state index contributed by atoms with van der Waals surface area (Å²) in [6.45, 7) is 2.64. The van der Waals surface area contributed by atoms with E-state index in [1.165, 1.54) is 10.5 Å². The molecule has 1 aromatic rings. The minimum absolute atomic E-state index is 0. The van der Waals surface area contributed by atoms with E-state index < -0.39 is 12.7 Å². The molecule has 0 bridgehead atoms. The van der Waals surface area contributed by atoms with Crippen molar-refractivity contribution in [1.82, 2.24) is 15.5 Å². The van der Waals surface area contributed by atoms with Crippen LogP contribution in [0, 0.1) is 6.92 Å². The van der Waals surface area contributed by atoms with Gasteiger partial charge in [-0.25, -0.2) is 0 Å². The Morgan fingerprint density at radius 1 is 1.38 bits per heavy atom. The first kappa shape index (κ1) is 21.0. The largest absolute Gasteiger partial charge is 0.401 e. The molecule has 0 aromatic heterocycles. The van der Waals surface area contributed by atoms with E-state index in [4.69, 9.17) is 0 Å². The number of hydrogen-bond donors (Lipinski definition) is 2. The van der Waals surface area contributed by atoms with E-state index in [2.05, 4.69) is 21.7 Å². The van der Waals surface area contributed by atoms with E-state index in [0.29, 0.717) is 32.0 Å². The number of aliphatic imine (C=N–C) groups is 1. The minimum Gasteiger partial charge on any atom is -0.352 e. The molecule has 0 radical (unpaired) electrons. The second-order valence-corrected chi connectivity index (χ2v) is 5.90. The van der Waals surface area contributed by atoms with Crippen molar-refractivity contribution < 1.29 is 13.2 Å². The van der Waals surface area contributed by atoms with Crippen LogP contribution in [-0.2, 0) is 6.54 Å². The third-order valence-corrected chi connectivity index (χ3v) is 3.78. The molecule has 1 unspecified atom stereocenters. The molecule has 1 heterocycles. The molecule has 0 spiro atoms. The highest BCUT2D eigenvalue weighted by molar-refractivity contribution is 14.0. The number of rotatable bonds is 4. The van der Waals surface area contributed by atoms with Crippen molar-refractivity contribution in [2.24, 2.45) is 4.99 Å². The highest BCUT2D eigenvalue weighted by atomic mass is 127. The van der Waals surface area contributed by atoms with Crippen molar-refractivity contribution in [3.8, 4) is 0 Å². The van der Waals surface area contributed by atoms with Crippen molar-refractivity contribution in [1.29, 1.82) is 0 Å². The van der Waals surface area contributed by atoms with Crippen LogP contribution in [-0.4, -0.2) is 49.8 Å². The number of alkyl halides is 3. The van der Waals surface area contributed by atoms with Gasteiger partial charge in [-0.2, -0.15) is 13.2 Å². The Bertz CT molecular complexity index is 548. The average Bonchev–Trinajstić information content (AvgIpc) is 2.88. The summed E-state index contributed by atoms with van der Waals surface area (Å²) in [5.74, 6) is 0.616. The lowest BCUT2D eigenvalue weighted by Gasteiger charge is -2.20. The van der Waals surface area contributed by atoms with Gasteiger partial charge in [0.25, 0.3) is 0 Å². The highest BCUT2D eigenvalue weighted by Crippen LogP contribution is 2.19. The van der Waals surface area contributed by atoms with Crippen molar-refractivity contribution in [2.75, 3.05) is 26.7 Å². The second kappa shape index (κ2) is 9.45. The van der Waals surface area contributed by atoms with Gasteiger partial charge in [-0.1, -0.05) is 29.8 Å². The first-order chi connectivity index (χ1) is 10.9. The van der Waals surface area contributed by atoms with E-state index in [0.717, 1.165) is 5.56 Å². The number of halogens is 4. The van der Waals surface area contributed by atoms with Gasteiger partial charge in [-0.3, -0.25) is 9.89 Å². The van der Waals surface area contributed by atoms with E-state index >= 15 is 0 Å². The van der Waals surface area contributed by atoms with Gasteiger partial charge in [0.2, 0.25) is 0 Å². The highest BCUT2D eigenvalue weighted by Gasteiger charge is 2.34. The topological polar surface area (TPSA) is 39.7 Å². The molecule has 8 heteroatoms. The Hall–Kier alpha value is -1.03. The molecular formula is C16H24F3IN4. The third kappa shape index (κ3) is 7.25. The Kier molecular flexibility index (Phi) is 8.28. The molecule has 2 N–H and O–H groups in total. The predicted molar refractivity (Wildman–Crippen MR) is 101 cm³/mol. The zero-order valence-electron chi connectivity index (χ0n) is 13.9. The van der Waals surface area contributed by atoms with E-state index in [1.54, 1.807) is 7.05 Å². The third-order valence-electron chi connectivity index (χ3n) is 3.78. The number of benzene rings is 1. The molecule has 1 aromatic carbocycles. The molecule has 1 fully saturated rings. The lowest BCUT2D eigenvalue weighted by atomic mass is 10.1. The molecule has 136 valence electrons. The van der Waals surface area contributed by atoms with Crippen LogP contribution in [0.5, 0.6) is 0 Å². The summed E-state index contributed by atoms with van der Waals surface area (Å²) < 4.78 is 37.2. The van der Waals surface area contributed by atoms with Crippen LogP contribution < -0.4 is 10.6 Å². The second-order valence-electron chi connectivity index (χ2n) is 5.90. The van der Waals surface area contributed by atoms with Crippen LogP contribution in [0.15, 0.2) is 29.3 Å². The quantitative estimate of drug-likeness (QED) is 0.416. The van der Waals surface area contributed by atoms with Crippen molar-refractivity contribution in [2.45, 2.75) is 32.1 Å². The summed E-state index contributed by atoms with van der Waals surface area (Å²) in [6, 6.07) is 8.12. The predicted octanol–water partition coefficient (Wildman–Crippen LogP) is 2.91. The number of likely N-dealkylation sites (tertiary alicyclic amines) is 1. The number of nitrogens with zero attached hydrogens (tertiary/aromatic N) is 2. The van der Waals surface area contributed by atoms with Crippen molar-refractivity contribution >= 4 is 29.9 Å². The molecule has 0 aliphatic carbocycles. The molecule has 1 aliphatic rings. The van der Waals surface area contributed by atoms with Gasteiger partial charge < -0.3 is 10.6 Å². The molecule has 0 amide bonds. The Balaban J connectivity index is 0.00000288. The Labute approximate surface area is 157 Å². The molecule has 1 aliphatic heterocycles. The number of nitrogens with one attached hydrogen (secondary N) is 2. The first-order valence-electron chi connectivity index (χ1n) is 7.67. The monoisotopic (exact) mass is 456 g/mol. The summed E-state index contributed by atoms with van der Waals surface area (Å²) in [7, 11) is 1.66. The summed E-state index contributed by atoms with van der Waals surface area (Å²) in [5.41, 5.74) is 2.32. The summed E-state index contributed by atoms with van der Waals surface area (Å²) in [6.07, 6.45) is -3.46. The molecule has 2 rings (SSSR count). The fraction of sp³-hybridized carbons (Fsp3) is 0.562. The maximum Gasteiger partial charge on any atom is 0.401 e. The Morgan fingerprint density at radius 3 is 2.75 bits per heavy atom. The van der Waals surface area contributed by atoms with E-state index in [-0.39, 0.29) is 30.0 Å². The molecule has 1 atom stereocenters. The summed E-state index contributed by atoms with van der Waals surface area (Å²) in [4.78, 5) is 5.56. The molecule has 0 saturated carbocycles. The molecule has 24 heavy (non-hydrogen) atoms. The van der Waals surface area contributed by atoms with Gasteiger partial charge in [-0.05, 0) is 18.9 Å². The van der Waals surface area contributed by atoms with Gasteiger partial charge in [0, 0.05) is 32.7 Å². The van der Waals surface area contributed by atoms with E-state index in [9.17, 15) is 13.2 Å². The maximum absolute atomic E-state index is 12.4. The van der Waals surface area contributed by atoms with Gasteiger partial charge in [0.05, 0.1) is 6.54 Å². The average molecular weight is 456 g/mol. The SMILES string of the molecule is CN=C(NCc1cccc(C)c1)NC1CCN(CC(F)(F)F)C1.I. The maximum atomic E-state index is 12.4.